The van der Waals surface area contributed by atoms with E-state index < -0.39 is 150 Å². The van der Waals surface area contributed by atoms with Gasteiger partial charge in [0, 0.05) is 0 Å². The lowest BCUT2D eigenvalue weighted by Gasteiger charge is -2.48. The number of aldehydes is 4. The quantitative estimate of drug-likeness (QED) is 0.0382. The first-order valence-electron chi connectivity index (χ1n) is 15.7. The van der Waals surface area contributed by atoms with E-state index in [1.165, 1.54) is 0 Å². The zero-order valence-electron chi connectivity index (χ0n) is 27.0. The van der Waals surface area contributed by atoms with Gasteiger partial charge < -0.3 is 108 Å². The molecule has 0 aliphatic carbocycles. The van der Waals surface area contributed by atoms with Crippen molar-refractivity contribution in [2.45, 2.75) is 117 Å². The van der Waals surface area contributed by atoms with E-state index in [9.17, 15) is 70.2 Å². The second kappa shape index (κ2) is 21.1. The van der Waals surface area contributed by atoms with E-state index in [1.54, 1.807) is 0 Å². The molecule has 0 saturated carbocycles. The van der Waals surface area contributed by atoms with Gasteiger partial charge in [0.15, 0.2) is 44.0 Å². The van der Waals surface area contributed by atoms with Crippen LogP contribution in [-0.2, 0) is 61.8 Å². The molecule has 11 N–H and O–H groups in total. The first-order valence-corrected chi connectivity index (χ1v) is 15.7. The molecule has 0 radical (unpaired) electrons. The molecule has 0 bridgehead atoms. The van der Waals surface area contributed by atoms with Crippen molar-refractivity contribution < 1.29 is 118 Å². The van der Waals surface area contributed by atoms with Crippen LogP contribution in [0, 0.1) is 0 Å². The van der Waals surface area contributed by atoms with Crippen molar-refractivity contribution in [1.29, 1.82) is 0 Å². The van der Waals surface area contributed by atoms with Crippen molar-refractivity contribution in [3.8, 4) is 0 Å². The van der Waals surface area contributed by atoms with Gasteiger partial charge in [0.05, 0.1) is 33.0 Å². The maximum Gasteiger partial charge on any atom is 0.215 e. The minimum atomic E-state index is -2.16. The topological polar surface area (TPSA) is 374 Å². The summed E-state index contributed by atoms with van der Waals surface area (Å²) < 4.78 is 47.5. The smallest absolute Gasteiger partial charge is 0.215 e. The van der Waals surface area contributed by atoms with E-state index in [2.05, 4.69) is 0 Å². The molecule has 3 rings (SSSR count). The largest absolute Gasteiger partial charge is 0.394 e. The summed E-state index contributed by atoms with van der Waals surface area (Å²) in [6.07, 6.45) is -34.9. The predicted molar refractivity (Wildman–Crippen MR) is 155 cm³/mol. The van der Waals surface area contributed by atoms with Crippen molar-refractivity contribution in [2.24, 2.45) is 0 Å². The first-order chi connectivity index (χ1) is 24.8. The van der Waals surface area contributed by atoms with Crippen LogP contribution in [0.25, 0.3) is 0 Å². The molecule has 0 aromatic heterocycles. The van der Waals surface area contributed by atoms with Gasteiger partial charge in [0.1, 0.15) is 85.5 Å². The number of hydrogen-bond acceptors (Lipinski definition) is 24. The van der Waals surface area contributed by atoms with E-state index in [-0.39, 0.29) is 25.1 Å². The molecule has 0 spiro atoms. The van der Waals surface area contributed by atoms with Gasteiger partial charge >= 0.3 is 0 Å². The summed E-state index contributed by atoms with van der Waals surface area (Å²) in [5, 5.41) is 113. The summed E-state index contributed by atoms with van der Waals surface area (Å²) in [5.41, 5.74) is 0. The van der Waals surface area contributed by atoms with Gasteiger partial charge in [-0.2, -0.15) is 0 Å². The third kappa shape index (κ3) is 11.0. The Morgan fingerprint density at radius 1 is 0.500 bits per heavy atom. The molecule has 24 nitrogen and oxygen atoms in total. The molecular formula is C28H44O24. The molecule has 3 saturated heterocycles. The lowest BCUT2D eigenvalue weighted by molar-refractivity contribution is -0.381. The van der Waals surface area contributed by atoms with Crippen molar-refractivity contribution in [2.75, 3.05) is 33.0 Å². The van der Waals surface area contributed by atoms with Crippen LogP contribution in [0.4, 0.5) is 0 Å². The minimum Gasteiger partial charge on any atom is -0.394 e. The maximum absolute atomic E-state index is 11.5. The van der Waals surface area contributed by atoms with Gasteiger partial charge in [-0.15, -0.1) is 0 Å². The van der Waals surface area contributed by atoms with Gasteiger partial charge in [-0.25, -0.2) is 0 Å². The van der Waals surface area contributed by atoms with E-state index >= 15 is 0 Å². The second-order valence-electron chi connectivity index (χ2n) is 11.6. The highest BCUT2D eigenvalue weighted by molar-refractivity contribution is 5.59. The lowest BCUT2D eigenvalue weighted by atomic mass is 9.96. The molecule has 3 heterocycles. The number of carbonyl (C=O) groups excluding carboxylic acids is 4. The van der Waals surface area contributed by atoms with Gasteiger partial charge in [0.2, 0.25) is 12.6 Å². The van der Waals surface area contributed by atoms with Crippen LogP contribution in [0.3, 0.4) is 0 Å². The SMILES string of the molecule is O=CC(CO)O[C@H](C=O)OCC1O[C@@H](O[C@@H]2C(O)[C@H](O)OC(CO[C@@H](C=O)OC(C=O)CO)[C@H]2O)C(O)[C@@H](O[C@@H]2OC(CO)[C@@H](O)[C@H](O)C2O)[C@@H]1O. The Morgan fingerprint density at radius 2 is 0.942 bits per heavy atom. The molecule has 0 amide bonds. The van der Waals surface area contributed by atoms with E-state index in [0.717, 1.165) is 0 Å². The third-order valence-corrected chi connectivity index (χ3v) is 8.09. The van der Waals surface area contributed by atoms with Gasteiger partial charge in [0.25, 0.3) is 0 Å². The average Bonchev–Trinajstić information content (AvgIpc) is 3.15. The molecule has 24 heteroatoms. The van der Waals surface area contributed by atoms with Gasteiger partial charge in [-0.1, -0.05) is 0 Å². The van der Waals surface area contributed by atoms with Crippen LogP contribution in [0.5, 0.6) is 0 Å². The molecule has 52 heavy (non-hydrogen) atoms. The molecule has 8 unspecified atom stereocenters. The van der Waals surface area contributed by atoms with Crippen LogP contribution >= 0.6 is 0 Å². The second-order valence-corrected chi connectivity index (χ2v) is 11.6. The maximum atomic E-state index is 11.5. The molecule has 300 valence electrons. The summed E-state index contributed by atoms with van der Waals surface area (Å²) in [6.45, 7) is -4.12. The number of carbonyl (C=O) groups is 4. The molecular weight excluding hydrogens is 720 g/mol. The minimum absolute atomic E-state index is 0.0770. The lowest BCUT2D eigenvalue weighted by Crippen LogP contribution is -2.67. The number of hydrogen-bond donors (Lipinski definition) is 11. The monoisotopic (exact) mass is 764 g/mol. The van der Waals surface area contributed by atoms with E-state index in [0.29, 0.717) is 0 Å². The van der Waals surface area contributed by atoms with Crippen LogP contribution in [0.1, 0.15) is 0 Å². The van der Waals surface area contributed by atoms with E-state index in [1.807, 2.05) is 0 Å². The van der Waals surface area contributed by atoms with Crippen LogP contribution in [-0.4, -0.2) is 231 Å². The molecule has 0 aromatic rings. The Morgan fingerprint density at radius 3 is 1.38 bits per heavy atom. The summed E-state index contributed by atoms with van der Waals surface area (Å²) in [5.74, 6) is 0. The Hall–Kier alpha value is -2.12. The van der Waals surface area contributed by atoms with Crippen LogP contribution in [0.2, 0.25) is 0 Å². The number of ether oxygens (including phenoxy) is 9. The van der Waals surface area contributed by atoms with Crippen LogP contribution < -0.4 is 0 Å². The molecule has 3 aliphatic rings. The summed E-state index contributed by atoms with van der Waals surface area (Å²) in [7, 11) is 0. The number of aliphatic hydroxyl groups excluding tert-OH is 11. The Balaban J connectivity index is 1.84. The Bertz CT molecular complexity index is 1100. The molecule has 3 fully saturated rings. The van der Waals surface area contributed by atoms with Crippen molar-refractivity contribution in [3.05, 3.63) is 0 Å². The standard InChI is InChI=1S/C28H44O24/c29-1-10(2-30)46-15(6-34)44-8-13-18(37)24(22(41)26(43)48-13)51-28-23(42)25(52-27-21(40)20(39)17(36)12(5-33)49-27)19(38)14(50-28)9-45-16(7-35)47-11(3-31)4-32/h1,3,6-7,10-28,30,32-33,36-43H,2,4-5,8-9H2/t10?,11?,12?,13?,14?,15-,16-,17-,18-,19-,20+,21?,22?,23?,24+,25+,26-,27+,28+/m1/s1. The zero-order valence-corrected chi connectivity index (χ0v) is 27.0. The fourth-order valence-electron chi connectivity index (χ4n) is 5.20. The molecule has 3 aliphatic heterocycles. The Labute approximate surface area is 293 Å². The third-order valence-electron chi connectivity index (χ3n) is 8.09. The first kappa shape index (κ1) is 44.3. The van der Waals surface area contributed by atoms with Crippen LogP contribution in [0.15, 0.2) is 0 Å². The zero-order chi connectivity index (χ0) is 38.7. The fraction of sp³-hybridized carbons (Fsp3) is 0.857. The average molecular weight is 765 g/mol. The summed E-state index contributed by atoms with van der Waals surface area (Å²) >= 11 is 0. The van der Waals surface area contributed by atoms with Gasteiger partial charge in [-0.3, -0.25) is 9.59 Å². The number of rotatable bonds is 21. The van der Waals surface area contributed by atoms with Crippen molar-refractivity contribution in [1.82, 2.24) is 0 Å². The summed E-state index contributed by atoms with van der Waals surface area (Å²) in [4.78, 5) is 44.8. The Kier molecular flexibility index (Phi) is 18.0. The summed E-state index contributed by atoms with van der Waals surface area (Å²) in [6, 6.07) is 0. The van der Waals surface area contributed by atoms with Crippen molar-refractivity contribution in [3.63, 3.8) is 0 Å². The van der Waals surface area contributed by atoms with Crippen molar-refractivity contribution >= 4 is 25.1 Å². The normalized spacial score (nSPS) is 40.6. The number of aliphatic hydroxyl groups is 11. The highest BCUT2D eigenvalue weighted by atomic mass is 16.8. The predicted octanol–water partition coefficient (Wildman–Crippen LogP) is -9.32. The molecule has 0 aromatic carbocycles. The highest BCUT2D eigenvalue weighted by Gasteiger charge is 2.54. The van der Waals surface area contributed by atoms with Gasteiger partial charge in [-0.05, 0) is 0 Å². The fourth-order valence-corrected chi connectivity index (χ4v) is 5.20. The highest BCUT2D eigenvalue weighted by Crippen LogP contribution is 2.33. The van der Waals surface area contributed by atoms with E-state index in [4.69, 9.17) is 47.7 Å². The molecule has 19 atom stereocenters.